The van der Waals surface area contributed by atoms with E-state index in [0.29, 0.717) is 0 Å². The van der Waals surface area contributed by atoms with E-state index < -0.39 is 0 Å². The third kappa shape index (κ3) is 4.61. The summed E-state index contributed by atoms with van der Waals surface area (Å²) in [6.07, 6.45) is 3.84. The Hall–Kier alpha value is -2.20. The van der Waals surface area contributed by atoms with Crippen LogP contribution in [0.2, 0.25) is 0 Å². The predicted octanol–water partition coefficient (Wildman–Crippen LogP) is 4.12. The third-order valence-electron chi connectivity index (χ3n) is 6.27. The van der Waals surface area contributed by atoms with Crippen molar-refractivity contribution in [2.75, 3.05) is 62.7 Å². The number of para-hydroxylation sites is 3. The highest BCUT2D eigenvalue weighted by Gasteiger charge is 2.23. The van der Waals surface area contributed by atoms with Crippen molar-refractivity contribution in [3.63, 3.8) is 0 Å². The van der Waals surface area contributed by atoms with Crippen molar-refractivity contribution in [1.29, 1.82) is 0 Å². The zero-order valence-electron chi connectivity index (χ0n) is 17.1. The molecule has 2 fully saturated rings. The molecule has 2 saturated heterocycles. The highest BCUT2D eigenvalue weighted by atomic mass is 16.5. The molecule has 0 spiro atoms. The molecular weight excluding hydrogens is 346 g/mol. The summed E-state index contributed by atoms with van der Waals surface area (Å²) in [6.45, 7) is 8.20. The third-order valence-corrected chi connectivity index (χ3v) is 6.27. The van der Waals surface area contributed by atoms with E-state index in [9.17, 15) is 0 Å². The molecule has 4 heteroatoms. The van der Waals surface area contributed by atoms with E-state index in [1.807, 2.05) is 6.07 Å². The maximum Gasteiger partial charge on any atom is 0.142 e. The molecule has 2 aliphatic heterocycles. The molecule has 150 valence electrons. The van der Waals surface area contributed by atoms with Crippen LogP contribution < -0.4 is 14.5 Å². The molecule has 28 heavy (non-hydrogen) atoms. The zero-order chi connectivity index (χ0) is 19.2. The second-order valence-corrected chi connectivity index (χ2v) is 8.08. The fourth-order valence-electron chi connectivity index (χ4n) is 4.66. The molecule has 0 atom stereocenters. The highest BCUT2D eigenvalue weighted by molar-refractivity contribution is 5.58. The molecule has 2 aromatic carbocycles. The van der Waals surface area contributed by atoms with Crippen LogP contribution in [0.25, 0.3) is 0 Å². The fraction of sp³-hybridized carbons (Fsp3) is 0.500. The Kier molecular flexibility index (Phi) is 6.38. The lowest BCUT2D eigenvalue weighted by Crippen LogP contribution is -2.40. The Morgan fingerprint density at radius 1 is 0.786 bits per heavy atom. The topological polar surface area (TPSA) is 19.0 Å². The van der Waals surface area contributed by atoms with Crippen molar-refractivity contribution >= 4 is 11.4 Å². The Bertz CT molecular complexity index is 728. The molecule has 4 nitrogen and oxygen atoms in total. The van der Waals surface area contributed by atoms with Gasteiger partial charge in [0.15, 0.2) is 0 Å². The number of piperidine rings is 1. The van der Waals surface area contributed by atoms with Gasteiger partial charge in [0, 0.05) is 45.0 Å². The summed E-state index contributed by atoms with van der Waals surface area (Å²) in [7, 11) is 1.77. The first-order valence-electron chi connectivity index (χ1n) is 10.7. The summed E-state index contributed by atoms with van der Waals surface area (Å²) in [5.41, 5.74) is 2.62. The number of anilines is 2. The first-order chi connectivity index (χ1) is 13.8. The van der Waals surface area contributed by atoms with Crippen LogP contribution in [-0.2, 0) is 0 Å². The Morgan fingerprint density at radius 2 is 1.54 bits per heavy atom. The van der Waals surface area contributed by atoms with Gasteiger partial charge >= 0.3 is 0 Å². The van der Waals surface area contributed by atoms with E-state index in [0.717, 1.165) is 31.3 Å². The van der Waals surface area contributed by atoms with Crippen LogP contribution in [0, 0.1) is 5.92 Å². The van der Waals surface area contributed by atoms with Gasteiger partial charge in [0.05, 0.1) is 12.8 Å². The summed E-state index contributed by atoms with van der Waals surface area (Å²) >= 11 is 0. The van der Waals surface area contributed by atoms with Gasteiger partial charge < -0.3 is 19.4 Å². The van der Waals surface area contributed by atoms with Crippen molar-refractivity contribution in [3.05, 3.63) is 54.6 Å². The van der Waals surface area contributed by atoms with Gasteiger partial charge in [-0.25, -0.2) is 0 Å². The second-order valence-electron chi connectivity index (χ2n) is 8.08. The Balaban J connectivity index is 1.28. The molecule has 0 radical (unpaired) electrons. The van der Waals surface area contributed by atoms with E-state index in [-0.39, 0.29) is 0 Å². The lowest BCUT2D eigenvalue weighted by atomic mass is 9.95. The van der Waals surface area contributed by atoms with Crippen LogP contribution in [0.3, 0.4) is 0 Å². The number of hydrogen-bond donors (Lipinski definition) is 0. The highest BCUT2D eigenvalue weighted by Crippen LogP contribution is 2.29. The van der Waals surface area contributed by atoms with Crippen LogP contribution in [0.4, 0.5) is 11.4 Å². The van der Waals surface area contributed by atoms with Gasteiger partial charge in [0.1, 0.15) is 5.75 Å². The molecular formula is C24H33N3O. The summed E-state index contributed by atoms with van der Waals surface area (Å²) in [6, 6.07) is 19.3. The lowest BCUT2D eigenvalue weighted by Gasteiger charge is -2.36. The average Bonchev–Trinajstić information content (AvgIpc) is 3.00. The molecule has 0 amide bonds. The van der Waals surface area contributed by atoms with Crippen LogP contribution in [0.1, 0.15) is 19.3 Å². The molecule has 0 aromatic heterocycles. The largest absolute Gasteiger partial charge is 0.495 e. The van der Waals surface area contributed by atoms with Gasteiger partial charge in [0.2, 0.25) is 0 Å². The van der Waals surface area contributed by atoms with Gasteiger partial charge in [-0.05, 0) is 56.0 Å². The molecule has 0 N–H and O–H groups in total. The quantitative estimate of drug-likeness (QED) is 0.778. The fourth-order valence-corrected chi connectivity index (χ4v) is 4.66. The summed E-state index contributed by atoms with van der Waals surface area (Å²) in [4.78, 5) is 7.73. The smallest absolute Gasteiger partial charge is 0.142 e. The zero-order valence-corrected chi connectivity index (χ0v) is 17.1. The van der Waals surface area contributed by atoms with Crippen LogP contribution in [0.5, 0.6) is 5.75 Å². The monoisotopic (exact) mass is 379 g/mol. The summed E-state index contributed by atoms with van der Waals surface area (Å²) in [5.74, 6) is 1.82. The van der Waals surface area contributed by atoms with Crippen LogP contribution in [-0.4, -0.2) is 57.8 Å². The van der Waals surface area contributed by atoms with Crippen LogP contribution >= 0.6 is 0 Å². The number of benzene rings is 2. The molecule has 2 aromatic rings. The van der Waals surface area contributed by atoms with Gasteiger partial charge in [0.25, 0.3) is 0 Å². The van der Waals surface area contributed by atoms with Gasteiger partial charge in [-0.3, -0.25) is 0 Å². The van der Waals surface area contributed by atoms with Gasteiger partial charge in [-0.15, -0.1) is 0 Å². The molecule has 0 aliphatic carbocycles. The summed E-state index contributed by atoms with van der Waals surface area (Å²) < 4.78 is 5.57. The van der Waals surface area contributed by atoms with Gasteiger partial charge in [-0.1, -0.05) is 30.3 Å². The first kappa shape index (κ1) is 19.1. The number of hydrogen-bond acceptors (Lipinski definition) is 4. The minimum absolute atomic E-state index is 0.831. The number of ether oxygens (including phenoxy) is 1. The number of methoxy groups -OCH3 is 1. The second kappa shape index (κ2) is 9.33. The Labute approximate surface area is 169 Å². The van der Waals surface area contributed by atoms with Crippen LogP contribution in [0.15, 0.2) is 54.6 Å². The van der Waals surface area contributed by atoms with E-state index in [1.165, 1.54) is 56.8 Å². The van der Waals surface area contributed by atoms with E-state index in [4.69, 9.17) is 4.74 Å². The standard InChI is InChI=1S/C24H33N3O/c1-28-24-11-6-5-10-23(24)27-15-7-14-25(18-19-27)20-21-12-16-26(17-13-21)22-8-3-2-4-9-22/h2-6,8-11,21H,7,12-20H2,1H3. The van der Waals surface area contributed by atoms with Crippen molar-refractivity contribution in [2.45, 2.75) is 19.3 Å². The first-order valence-corrected chi connectivity index (χ1v) is 10.7. The molecule has 0 saturated carbocycles. The van der Waals surface area contributed by atoms with Crippen molar-refractivity contribution in [2.24, 2.45) is 5.92 Å². The molecule has 2 heterocycles. The number of rotatable bonds is 5. The summed E-state index contributed by atoms with van der Waals surface area (Å²) in [5, 5.41) is 0. The molecule has 0 bridgehead atoms. The molecule has 2 aliphatic rings. The maximum atomic E-state index is 5.57. The predicted molar refractivity (Wildman–Crippen MR) is 118 cm³/mol. The molecule has 0 unspecified atom stereocenters. The van der Waals surface area contributed by atoms with Crippen molar-refractivity contribution in [1.82, 2.24) is 4.90 Å². The van der Waals surface area contributed by atoms with E-state index in [1.54, 1.807) is 7.11 Å². The average molecular weight is 380 g/mol. The van der Waals surface area contributed by atoms with Crippen molar-refractivity contribution in [3.8, 4) is 5.75 Å². The number of nitrogens with zero attached hydrogens (tertiary/aromatic N) is 3. The minimum Gasteiger partial charge on any atom is -0.495 e. The van der Waals surface area contributed by atoms with Crippen molar-refractivity contribution < 1.29 is 4.74 Å². The SMILES string of the molecule is COc1ccccc1N1CCCN(CC2CCN(c3ccccc3)CC2)CC1. The normalized spacial score (nSPS) is 19.5. The van der Waals surface area contributed by atoms with Gasteiger partial charge in [-0.2, -0.15) is 0 Å². The van der Waals surface area contributed by atoms with E-state index in [2.05, 4.69) is 63.2 Å². The lowest BCUT2D eigenvalue weighted by molar-refractivity contribution is 0.223. The van der Waals surface area contributed by atoms with E-state index >= 15 is 0 Å². The Morgan fingerprint density at radius 3 is 2.32 bits per heavy atom. The minimum atomic E-state index is 0.831. The maximum absolute atomic E-state index is 5.57. The molecule has 4 rings (SSSR count).